The van der Waals surface area contributed by atoms with Crippen LogP contribution in [0.5, 0.6) is 0 Å². The summed E-state index contributed by atoms with van der Waals surface area (Å²) in [5.74, 6) is 0.625. The lowest BCUT2D eigenvalue weighted by molar-refractivity contribution is -0.119. The van der Waals surface area contributed by atoms with Gasteiger partial charge >= 0.3 is 0 Å². The van der Waals surface area contributed by atoms with Gasteiger partial charge in [-0.15, -0.1) is 11.8 Å². The van der Waals surface area contributed by atoms with Crippen molar-refractivity contribution in [3.05, 3.63) is 29.3 Å². The van der Waals surface area contributed by atoms with Gasteiger partial charge in [-0.2, -0.15) is 5.26 Å². The third-order valence-electron chi connectivity index (χ3n) is 1.83. The summed E-state index contributed by atoms with van der Waals surface area (Å²) in [5, 5.41) is 11.0. The number of rotatable bonds is 5. The molecule has 0 aliphatic carbocycles. The number of nitriles is 1. The van der Waals surface area contributed by atoms with Crippen molar-refractivity contribution in [1.82, 2.24) is 5.32 Å². The molecule has 1 aromatic rings. The number of carbonyl (C=O) groups excluding carboxylic acids is 1. The van der Waals surface area contributed by atoms with Crippen molar-refractivity contribution in [3.63, 3.8) is 0 Å². The number of benzene rings is 1. The highest BCUT2D eigenvalue weighted by Gasteiger charge is 2.00. The molecule has 3 nitrogen and oxygen atoms in total. The predicted molar refractivity (Wildman–Crippen MR) is 65.2 cm³/mol. The van der Waals surface area contributed by atoms with Crippen LogP contribution in [0.2, 0.25) is 5.02 Å². The normalized spacial score (nSPS) is 9.50. The fraction of sp³-hybridized carbons (Fsp3) is 0.273. The van der Waals surface area contributed by atoms with E-state index in [2.05, 4.69) is 5.32 Å². The average Bonchev–Trinajstić information content (AvgIpc) is 2.27. The first kappa shape index (κ1) is 12.9. The van der Waals surface area contributed by atoms with Crippen LogP contribution in [-0.2, 0) is 4.79 Å². The molecule has 0 radical (unpaired) electrons. The van der Waals surface area contributed by atoms with Crippen LogP contribution in [0.15, 0.2) is 29.2 Å². The molecule has 0 aromatic heterocycles. The Morgan fingerprint density at radius 1 is 1.44 bits per heavy atom. The molecule has 0 aliphatic heterocycles. The van der Waals surface area contributed by atoms with Gasteiger partial charge in [-0.3, -0.25) is 10.1 Å². The molecule has 16 heavy (non-hydrogen) atoms. The molecule has 0 saturated carbocycles. The predicted octanol–water partition coefficient (Wildman–Crippen LogP) is 2.81. The van der Waals surface area contributed by atoms with Gasteiger partial charge in [0.1, 0.15) is 0 Å². The van der Waals surface area contributed by atoms with E-state index in [0.717, 1.165) is 22.1 Å². The van der Waals surface area contributed by atoms with E-state index >= 15 is 0 Å². The summed E-state index contributed by atoms with van der Waals surface area (Å²) in [4.78, 5) is 12.1. The second-order valence-electron chi connectivity index (χ2n) is 3.07. The van der Waals surface area contributed by atoms with Crippen LogP contribution in [-0.4, -0.2) is 11.7 Å². The van der Waals surface area contributed by atoms with Crippen molar-refractivity contribution >= 4 is 29.3 Å². The third kappa shape index (κ3) is 5.06. The number of nitrogens with zero attached hydrogens (tertiary/aromatic N) is 1. The molecule has 0 fully saturated rings. The number of halogens is 1. The van der Waals surface area contributed by atoms with Crippen LogP contribution in [0.3, 0.4) is 0 Å². The maximum Gasteiger partial charge on any atom is 0.233 e. The molecule has 84 valence electrons. The SMILES string of the molecule is N#CNC(=O)CCCSc1ccc(Cl)cc1. The van der Waals surface area contributed by atoms with E-state index in [1.165, 1.54) is 0 Å². The Morgan fingerprint density at radius 2 is 2.12 bits per heavy atom. The topological polar surface area (TPSA) is 52.9 Å². The molecular weight excluding hydrogens is 244 g/mol. The smallest absolute Gasteiger partial charge is 0.233 e. The minimum absolute atomic E-state index is 0.223. The van der Waals surface area contributed by atoms with Gasteiger partial charge in [0.15, 0.2) is 6.19 Å². The van der Waals surface area contributed by atoms with Crippen LogP contribution < -0.4 is 5.32 Å². The van der Waals surface area contributed by atoms with E-state index < -0.39 is 0 Å². The highest BCUT2D eigenvalue weighted by Crippen LogP contribution is 2.21. The minimum atomic E-state index is -0.223. The lowest BCUT2D eigenvalue weighted by Crippen LogP contribution is -2.16. The molecular formula is C11H11ClN2OS. The zero-order valence-corrected chi connectivity index (χ0v) is 10.1. The maximum atomic E-state index is 10.9. The van der Waals surface area contributed by atoms with E-state index in [1.807, 2.05) is 24.3 Å². The van der Waals surface area contributed by atoms with Crippen molar-refractivity contribution < 1.29 is 4.79 Å². The summed E-state index contributed by atoms with van der Waals surface area (Å²) < 4.78 is 0. The molecule has 0 atom stereocenters. The van der Waals surface area contributed by atoms with Gasteiger partial charge in [-0.1, -0.05) is 11.6 Å². The monoisotopic (exact) mass is 254 g/mol. The molecule has 1 aromatic carbocycles. The largest absolute Gasteiger partial charge is 0.274 e. The van der Waals surface area contributed by atoms with E-state index in [-0.39, 0.29) is 5.91 Å². The first-order valence-electron chi connectivity index (χ1n) is 4.78. The number of amides is 1. The van der Waals surface area contributed by atoms with Gasteiger partial charge in [0.2, 0.25) is 5.91 Å². The summed E-state index contributed by atoms with van der Waals surface area (Å²) in [7, 11) is 0. The van der Waals surface area contributed by atoms with E-state index in [9.17, 15) is 4.79 Å². The molecule has 1 rings (SSSR count). The molecule has 1 N–H and O–H groups in total. The molecule has 0 heterocycles. The van der Waals surface area contributed by atoms with Crippen LogP contribution in [0, 0.1) is 11.5 Å². The maximum absolute atomic E-state index is 10.9. The fourth-order valence-electron chi connectivity index (χ4n) is 1.08. The van der Waals surface area contributed by atoms with Crippen LogP contribution >= 0.6 is 23.4 Å². The second kappa shape index (κ2) is 7.15. The Hall–Kier alpha value is -1.18. The first-order valence-corrected chi connectivity index (χ1v) is 6.15. The molecule has 0 unspecified atom stereocenters. The zero-order chi connectivity index (χ0) is 11.8. The van der Waals surface area contributed by atoms with Crippen LogP contribution in [0.25, 0.3) is 0 Å². The van der Waals surface area contributed by atoms with Crippen LogP contribution in [0.1, 0.15) is 12.8 Å². The van der Waals surface area contributed by atoms with Gasteiger partial charge < -0.3 is 0 Å². The Balaban J connectivity index is 2.19. The fourth-order valence-corrected chi connectivity index (χ4v) is 2.06. The Morgan fingerprint density at radius 3 is 2.75 bits per heavy atom. The summed E-state index contributed by atoms with van der Waals surface area (Å²) in [6.45, 7) is 0. The third-order valence-corrected chi connectivity index (χ3v) is 3.18. The number of thioether (sulfide) groups is 1. The van der Waals surface area contributed by atoms with Crippen molar-refractivity contribution in [2.45, 2.75) is 17.7 Å². The van der Waals surface area contributed by atoms with Crippen molar-refractivity contribution in [2.24, 2.45) is 0 Å². The van der Waals surface area contributed by atoms with Crippen molar-refractivity contribution in [1.29, 1.82) is 5.26 Å². The second-order valence-corrected chi connectivity index (χ2v) is 4.67. The van der Waals surface area contributed by atoms with Gasteiger partial charge in [-0.05, 0) is 36.4 Å². The number of nitrogens with one attached hydrogen (secondary N) is 1. The average molecular weight is 255 g/mol. The molecule has 0 spiro atoms. The Kier molecular flexibility index (Phi) is 5.76. The van der Waals surface area contributed by atoms with E-state index in [1.54, 1.807) is 18.0 Å². The Labute approximate surface area is 104 Å². The summed E-state index contributed by atoms with van der Waals surface area (Å²) in [6, 6.07) is 7.57. The van der Waals surface area contributed by atoms with Gasteiger partial charge in [0.05, 0.1) is 0 Å². The van der Waals surface area contributed by atoms with Crippen molar-refractivity contribution in [2.75, 3.05) is 5.75 Å². The van der Waals surface area contributed by atoms with Crippen molar-refractivity contribution in [3.8, 4) is 6.19 Å². The molecule has 1 amide bonds. The molecule has 0 aliphatic rings. The zero-order valence-electron chi connectivity index (χ0n) is 8.57. The van der Waals surface area contributed by atoms with Gasteiger partial charge in [-0.25, -0.2) is 0 Å². The molecule has 0 saturated heterocycles. The number of carbonyl (C=O) groups is 1. The number of hydrogen-bond donors (Lipinski definition) is 1. The van der Waals surface area contributed by atoms with E-state index in [0.29, 0.717) is 6.42 Å². The highest BCUT2D eigenvalue weighted by molar-refractivity contribution is 7.99. The molecule has 5 heteroatoms. The highest BCUT2D eigenvalue weighted by atomic mass is 35.5. The minimum Gasteiger partial charge on any atom is -0.274 e. The standard InChI is InChI=1S/C11H11ClN2OS/c12-9-3-5-10(6-4-9)16-7-1-2-11(15)14-8-13/h3-6H,1-2,7H2,(H,14,15). The van der Waals surface area contributed by atoms with E-state index in [4.69, 9.17) is 16.9 Å². The summed E-state index contributed by atoms with van der Waals surface area (Å²) >= 11 is 7.42. The lowest BCUT2D eigenvalue weighted by atomic mass is 10.3. The summed E-state index contributed by atoms with van der Waals surface area (Å²) in [5.41, 5.74) is 0. The Bertz CT molecular complexity index is 386. The van der Waals surface area contributed by atoms with Crippen LogP contribution in [0.4, 0.5) is 0 Å². The lowest BCUT2D eigenvalue weighted by Gasteiger charge is -2.01. The molecule has 0 bridgehead atoms. The van der Waals surface area contributed by atoms with Gasteiger partial charge in [0, 0.05) is 16.3 Å². The number of hydrogen-bond acceptors (Lipinski definition) is 3. The first-order chi connectivity index (χ1) is 7.72. The summed E-state index contributed by atoms with van der Waals surface area (Å²) in [6.07, 6.45) is 2.75. The van der Waals surface area contributed by atoms with Gasteiger partial charge in [0.25, 0.3) is 0 Å². The quantitative estimate of drug-likeness (QED) is 0.380.